The fourth-order valence-corrected chi connectivity index (χ4v) is 3.32. The average molecular weight is 334 g/mol. The van der Waals surface area contributed by atoms with Crippen LogP contribution in [0.1, 0.15) is 43.6 Å². The van der Waals surface area contributed by atoms with Crippen molar-refractivity contribution in [2.24, 2.45) is 0 Å². The first-order valence-corrected chi connectivity index (χ1v) is 8.05. The van der Waals surface area contributed by atoms with Gasteiger partial charge in [-0.05, 0) is 50.4 Å². The molecule has 0 fully saturated rings. The molecule has 0 aromatic heterocycles. The van der Waals surface area contributed by atoms with Crippen LogP contribution in [-0.2, 0) is 16.3 Å². The molecule has 0 amide bonds. The van der Waals surface area contributed by atoms with Crippen LogP contribution in [0.5, 0.6) is 0 Å². The predicted molar refractivity (Wildman–Crippen MR) is 79.6 cm³/mol. The summed E-state index contributed by atoms with van der Waals surface area (Å²) in [6, 6.07) is 2.11. The number of rotatable bonds is 4. The quantitative estimate of drug-likeness (QED) is 0.479. The molecular weight excluding hydrogens is 318 g/mol. The van der Waals surface area contributed by atoms with Crippen LogP contribution in [0.15, 0.2) is 17.0 Å². The Hall–Kier alpha value is -1.47. The molecule has 0 atom stereocenters. The van der Waals surface area contributed by atoms with Crippen LogP contribution >= 0.6 is 11.6 Å². The first-order chi connectivity index (χ1) is 9.43. The molecule has 21 heavy (non-hydrogen) atoms. The summed E-state index contributed by atoms with van der Waals surface area (Å²) in [6.07, 6.45) is 0.332. The summed E-state index contributed by atoms with van der Waals surface area (Å²) in [4.78, 5) is 21.3. The molecule has 1 rings (SSSR count). The third kappa shape index (κ3) is 3.24. The van der Waals surface area contributed by atoms with E-state index in [4.69, 9.17) is 11.6 Å². The second-order valence-corrected chi connectivity index (χ2v) is 8.49. The van der Waals surface area contributed by atoms with Gasteiger partial charge in [0.2, 0.25) is 0 Å². The maximum absolute atomic E-state index is 12.5. The molecule has 0 N–H and O–H groups in total. The molecule has 0 aliphatic rings. The van der Waals surface area contributed by atoms with Crippen LogP contribution in [0.25, 0.3) is 0 Å². The first-order valence-electron chi connectivity index (χ1n) is 6.19. The molecule has 0 unspecified atom stereocenters. The van der Waals surface area contributed by atoms with E-state index in [1.54, 1.807) is 6.92 Å². The Morgan fingerprint density at radius 1 is 1.33 bits per heavy atom. The number of nitro benzene ring substituents is 1. The van der Waals surface area contributed by atoms with E-state index < -0.39 is 35.3 Å². The van der Waals surface area contributed by atoms with Crippen molar-refractivity contribution in [3.8, 4) is 0 Å². The van der Waals surface area contributed by atoms with Crippen molar-refractivity contribution in [2.75, 3.05) is 0 Å². The van der Waals surface area contributed by atoms with Crippen LogP contribution in [0, 0.1) is 10.1 Å². The van der Waals surface area contributed by atoms with Crippen molar-refractivity contribution < 1.29 is 18.1 Å². The topological polar surface area (TPSA) is 94.3 Å². The van der Waals surface area contributed by atoms with Crippen molar-refractivity contribution in [3.05, 3.63) is 33.4 Å². The Morgan fingerprint density at radius 3 is 2.19 bits per heavy atom. The molecule has 1 aromatic rings. The van der Waals surface area contributed by atoms with Gasteiger partial charge in [0.05, 0.1) is 9.67 Å². The molecule has 0 saturated heterocycles. The van der Waals surface area contributed by atoms with Gasteiger partial charge in [-0.15, -0.1) is 0 Å². The normalized spacial score (nSPS) is 12.2. The minimum absolute atomic E-state index is 0.0428. The standard InChI is InChI=1S/C13H16ClNO5S/c1-5-8-6-11(21(19,20)13(2,3)4)10(15(17)18)7-9(8)12(14)16/h6-7H,5H2,1-4H3. The van der Waals surface area contributed by atoms with Crippen LogP contribution in [0.4, 0.5) is 5.69 Å². The summed E-state index contributed by atoms with van der Waals surface area (Å²) in [5.74, 6) is 0. The molecule has 0 bridgehead atoms. The molecule has 0 saturated carbocycles. The highest BCUT2D eigenvalue weighted by atomic mass is 35.5. The number of halogens is 1. The number of nitro groups is 1. The van der Waals surface area contributed by atoms with E-state index in [0.29, 0.717) is 12.0 Å². The molecule has 0 spiro atoms. The zero-order chi connectivity index (χ0) is 16.6. The molecule has 6 nitrogen and oxygen atoms in total. The second kappa shape index (κ2) is 5.73. The first kappa shape index (κ1) is 17.6. The smallest absolute Gasteiger partial charge is 0.276 e. The fourth-order valence-electron chi connectivity index (χ4n) is 1.77. The predicted octanol–water partition coefficient (Wildman–Crippen LogP) is 3.11. The van der Waals surface area contributed by atoms with Crippen molar-refractivity contribution in [3.63, 3.8) is 0 Å². The van der Waals surface area contributed by atoms with Crippen molar-refractivity contribution in [1.82, 2.24) is 0 Å². The molecule has 0 aliphatic heterocycles. The maximum Gasteiger partial charge on any atom is 0.288 e. The van der Waals surface area contributed by atoms with E-state index in [2.05, 4.69) is 0 Å². The van der Waals surface area contributed by atoms with Gasteiger partial charge in [0.1, 0.15) is 4.90 Å². The summed E-state index contributed by atoms with van der Waals surface area (Å²) in [5, 5.41) is 10.3. The van der Waals surface area contributed by atoms with Gasteiger partial charge >= 0.3 is 0 Å². The Morgan fingerprint density at radius 2 is 1.86 bits per heavy atom. The Labute approximate surface area is 128 Å². The van der Waals surface area contributed by atoms with Gasteiger partial charge in [-0.3, -0.25) is 14.9 Å². The van der Waals surface area contributed by atoms with Gasteiger partial charge in [-0.25, -0.2) is 8.42 Å². The number of hydrogen-bond donors (Lipinski definition) is 0. The minimum Gasteiger partial charge on any atom is -0.276 e. The van der Waals surface area contributed by atoms with Crippen LogP contribution < -0.4 is 0 Å². The fraction of sp³-hybridized carbons (Fsp3) is 0.462. The SMILES string of the molecule is CCc1cc(S(=O)(=O)C(C)(C)C)c([N+](=O)[O-])cc1C(=O)Cl. The summed E-state index contributed by atoms with van der Waals surface area (Å²) in [7, 11) is -3.92. The number of benzene rings is 1. The number of aryl methyl sites for hydroxylation is 1. The summed E-state index contributed by atoms with van der Waals surface area (Å²) >= 11 is 5.41. The van der Waals surface area contributed by atoms with Gasteiger partial charge in [0.15, 0.2) is 9.84 Å². The van der Waals surface area contributed by atoms with Gasteiger partial charge in [-0.2, -0.15) is 0 Å². The third-order valence-corrected chi connectivity index (χ3v) is 5.79. The van der Waals surface area contributed by atoms with E-state index in [-0.39, 0.29) is 5.56 Å². The highest BCUT2D eigenvalue weighted by Gasteiger charge is 2.37. The Kier molecular flexibility index (Phi) is 4.80. The van der Waals surface area contributed by atoms with E-state index in [1.165, 1.54) is 26.8 Å². The zero-order valence-electron chi connectivity index (χ0n) is 12.1. The summed E-state index contributed by atoms with van der Waals surface area (Å²) in [5.41, 5.74) is -0.312. The number of nitrogens with zero attached hydrogens (tertiary/aromatic N) is 1. The van der Waals surface area contributed by atoms with E-state index in [9.17, 15) is 23.3 Å². The molecular formula is C13H16ClNO5S. The number of carbonyl (C=O) groups excluding carboxylic acids is 1. The lowest BCUT2D eigenvalue weighted by Crippen LogP contribution is -2.28. The maximum atomic E-state index is 12.5. The highest BCUT2D eigenvalue weighted by Crippen LogP contribution is 2.34. The average Bonchev–Trinajstić information content (AvgIpc) is 2.35. The van der Waals surface area contributed by atoms with E-state index in [0.717, 1.165) is 6.07 Å². The van der Waals surface area contributed by atoms with Gasteiger partial charge in [-0.1, -0.05) is 6.92 Å². The van der Waals surface area contributed by atoms with Crippen LogP contribution in [0.3, 0.4) is 0 Å². The number of carbonyl (C=O) groups is 1. The Bertz CT molecular complexity index is 704. The van der Waals surface area contributed by atoms with Gasteiger partial charge in [0, 0.05) is 11.6 Å². The van der Waals surface area contributed by atoms with Gasteiger partial charge < -0.3 is 0 Å². The lowest BCUT2D eigenvalue weighted by molar-refractivity contribution is -0.387. The minimum atomic E-state index is -3.92. The molecule has 116 valence electrons. The number of hydrogen-bond acceptors (Lipinski definition) is 5. The van der Waals surface area contributed by atoms with E-state index in [1.807, 2.05) is 0 Å². The van der Waals surface area contributed by atoms with Crippen molar-refractivity contribution >= 4 is 32.4 Å². The Balaban J connectivity index is 3.83. The third-order valence-electron chi connectivity index (χ3n) is 3.07. The van der Waals surface area contributed by atoms with Crippen LogP contribution in [-0.4, -0.2) is 23.3 Å². The monoisotopic (exact) mass is 333 g/mol. The van der Waals surface area contributed by atoms with E-state index >= 15 is 0 Å². The molecule has 1 aromatic carbocycles. The number of sulfone groups is 1. The van der Waals surface area contributed by atoms with Crippen LogP contribution in [0.2, 0.25) is 0 Å². The largest absolute Gasteiger partial charge is 0.288 e. The lowest BCUT2D eigenvalue weighted by Gasteiger charge is -2.20. The zero-order valence-corrected chi connectivity index (χ0v) is 13.7. The van der Waals surface area contributed by atoms with Gasteiger partial charge in [0.25, 0.3) is 10.9 Å². The molecule has 0 aliphatic carbocycles. The van der Waals surface area contributed by atoms with Crippen molar-refractivity contribution in [1.29, 1.82) is 0 Å². The summed E-state index contributed by atoms with van der Waals surface area (Å²) < 4.78 is 23.8. The molecule has 0 heterocycles. The lowest BCUT2D eigenvalue weighted by atomic mass is 10.1. The highest BCUT2D eigenvalue weighted by molar-refractivity contribution is 7.92. The van der Waals surface area contributed by atoms with Crippen molar-refractivity contribution in [2.45, 2.75) is 43.8 Å². The molecule has 8 heteroatoms. The summed E-state index contributed by atoms with van der Waals surface area (Å²) in [6.45, 7) is 6.08. The second-order valence-electron chi connectivity index (χ2n) is 5.48. The molecule has 0 radical (unpaired) electrons.